The predicted octanol–water partition coefficient (Wildman–Crippen LogP) is 3.09. The molecule has 0 aromatic heterocycles. The predicted molar refractivity (Wildman–Crippen MR) is 67.2 cm³/mol. The molecule has 1 heteroatoms. The summed E-state index contributed by atoms with van der Waals surface area (Å²) in [6, 6.07) is 6.60. The third-order valence-electron chi connectivity index (χ3n) is 2.76. The van der Waals surface area contributed by atoms with Gasteiger partial charge in [-0.15, -0.1) is 0 Å². The summed E-state index contributed by atoms with van der Waals surface area (Å²) >= 11 is 0. The molecule has 0 heterocycles. The maximum absolute atomic E-state index is 6.11. The van der Waals surface area contributed by atoms with Crippen LogP contribution in [0.15, 0.2) is 18.2 Å². The fraction of sp³-hybridized carbons (Fsp3) is 0.571. The first-order valence-corrected chi connectivity index (χ1v) is 5.86. The smallest absolute Gasteiger partial charge is 0.0138 e. The summed E-state index contributed by atoms with van der Waals surface area (Å²) in [6.45, 7) is 8.61. The van der Waals surface area contributed by atoms with E-state index < -0.39 is 0 Å². The van der Waals surface area contributed by atoms with Crippen LogP contribution >= 0.6 is 0 Å². The number of hydrogen-bond donors (Lipinski definition) is 1. The van der Waals surface area contributed by atoms with Crippen LogP contribution in [0.25, 0.3) is 0 Å². The average molecular weight is 205 g/mol. The van der Waals surface area contributed by atoms with Crippen LogP contribution in [0.1, 0.15) is 44.4 Å². The minimum atomic E-state index is -0.116. The van der Waals surface area contributed by atoms with Crippen molar-refractivity contribution >= 4 is 0 Å². The first-order chi connectivity index (χ1) is 6.98. The van der Waals surface area contributed by atoms with Crippen molar-refractivity contribution in [1.82, 2.24) is 0 Å². The van der Waals surface area contributed by atoms with Gasteiger partial charge in [0.25, 0.3) is 0 Å². The molecule has 1 nitrogen and oxygen atoms in total. The largest absolute Gasteiger partial charge is 0.325 e. The Bertz CT molecular complexity index is 298. The van der Waals surface area contributed by atoms with Crippen molar-refractivity contribution in [3.63, 3.8) is 0 Å². The molecule has 0 fully saturated rings. The van der Waals surface area contributed by atoms with E-state index in [1.54, 1.807) is 0 Å². The zero-order chi connectivity index (χ0) is 11.5. The van der Waals surface area contributed by atoms with Crippen molar-refractivity contribution in [2.45, 2.75) is 52.5 Å². The number of nitrogens with two attached hydrogens (primary N) is 1. The van der Waals surface area contributed by atoms with Crippen LogP contribution in [-0.2, 0) is 19.3 Å². The number of rotatable bonds is 4. The molecule has 0 saturated carbocycles. The van der Waals surface area contributed by atoms with Crippen LogP contribution < -0.4 is 5.73 Å². The molecule has 15 heavy (non-hydrogen) atoms. The first kappa shape index (κ1) is 12.3. The molecule has 0 spiro atoms. The molecular formula is C14H23N. The summed E-state index contributed by atoms with van der Waals surface area (Å²) in [4.78, 5) is 0. The van der Waals surface area contributed by atoms with Gasteiger partial charge in [-0.3, -0.25) is 0 Å². The minimum absolute atomic E-state index is 0.116. The summed E-state index contributed by atoms with van der Waals surface area (Å²) in [5, 5.41) is 0. The van der Waals surface area contributed by atoms with E-state index in [1.165, 1.54) is 16.7 Å². The van der Waals surface area contributed by atoms with Crippen LogP contribution in [0.2, 0.25) is 0 Å². The quantitative estimate of drug-likeness (QED) is 0.803. The Labute approximate surface area is 93.7 Å². The molecule has 0 aliphatic heterocycles. The van der Waals surface area contributed by atoms with E-state index in [1.807, 2.05) is 0 Å². The molecule has 1 aromatic carbocycles. The Morgan fingerprint density at radius 2 is 1.53 bits per heavy atom. The van der Waals surface area contributed by atoms with E-state index in [2.05, 4.69) is 45.9 Å². The number of aryl methyl sites for hydroxylation is 2. The second kappa shape index (κ2) is 4.80. The van der Waals surface area contributed by atoms with E-state index in [4.69, 9.17) is 5.73 Å². The molecule has 0 saturated heterocycles. The van der Waals surface area contributed by atoms with Crippen molar-refractivity contribution in [2.75, 3.05) is 0 Å². The third kappa shape index (κ3) is 3.35. The van der Waals surface area contributed by atoms with Gasteiger partial charge >= 0.3 is 0 Å². The van der Waals surface area contributed by atoms with Gasteiger partial charge in [0.2, 0.25) is 0 Å². The van der Waals surface area contributed by atoms with Gasteiger partial charge in [-0.05, 0) is 49.8 Å². The monoisotopic (exact) mass is 205 g/mol. The maximum Gasteiger partial charge on any atom is 0.0138 e. The highest BCUT2D eigenvalue weighted by molar-refractivity contribution is 5.36. The van der Waals surface area contributed by atoms with E-state index in [0.29, 0.717) is 0 Å². The van der Waals surface area contributed by atoms with Gasteiger partial charge in [0, 0.05) is 5.54 Å². The molecule has 84 valence electrons. The molecular weight excluding hydrogens is 182 g/mol. The van der Waals surface area contributed by atoms with Gasteiger partial charge in [-0.2, -0.15) is 0 Å². The van der Waals surface area contributed by atoms with Crippen LogP contribution in [0.5, 0.6) is 0 Å². The number of hydrogen-bond acceptors (Lipinski definition) is 1. The Hall–Kier alpha value is -0.820. The molecule has 0 aliphatic rings. The lowest BCUT2D eigenvalue weighted by Gasteiger charge is -2.22. The zero-order valence-electron chi connectivity index (χ0n) is 10.4. The summed E-state index contributed by atoms with van der Waals surface area (Å²) in [5.41, 5.74) is 10.4. The molecule has 1 rings (SSSR count). The molecule has 0 aliphatic carbocycles. The van der Waals surface area contributed by atoms with Crippen molar-refractivity contribution < 1.29 is 0 Å². The topological polar surface area (TPSA) is 26.0 Å². The molecule has 0 atom stereocenters. The van der Waals surface area contributed by atoms with Crippen LogP contribution in [0.4, 0.5) is 0 Å². The second-order valence-electron chi connectivity index (χ2n) is 4.93. The summed E-state index contributed by atoms with van der Waals surface area (Å²) < 4.78 is 0. The van der Waals surface area contributed by atoms with Gasteiger partial charge in [0.15, 0.2) is 0 Å². The van der Waals surface area contributed by atoms with Crippen LogP contribution in [0.3, 0.4) is 0 Å². The maximum atomic E-state index is 6.11. The van der Waals surface area contributed by atoms with E-state index >= 15 is 0 Å². The zero-order valence-corrected chi connectivity index (χ0v) is 10.4. The Morgan fingerprint density at radius 1 is 1.07 bits per heavy atom. The van der Waals surface area contributed by atoms with Gasteiger partial charge in [0.05, 0.1) is 0 Å². The lowest BCUT2D eigenvalue weighted by Crippen LogP contribution is -2.35. The van der Waals surface area contributed by atoms with Crippen LogP contribution in [0, 0.1) is 0 Å². The molecule has 0 bridgehead atoms. The molecule has 2 N–H and O–H groups in total. The highest BCUT2D eigenvalue weighted by Gasteiger charge is 2.16. The lowest BCUT2D eigenvalue weighted by atomic mass is 9.88. The van der Waals surface area contributed by atoms with E-state index in [0.717, 1.165) is 19.3 Å². The van der Waals surface area contributed by atoms with Crippen molar-refractivity contribution in [3.05, 3.63) is 34.9 Å². The highest BCUT2D eigenvalue weighted by Crippen LogP contribution is 2.21. The van der Waals surface area contributed by atoms with Gasteiger partial charge in [0.1, 0.15) is 0 Å². The molecule has 0 amide bonds. The van der Waals surface area contributed by atoms with Gasteiger partial charge in [-0.1, -0.05) is 32.0 Å². The van der Waals surface area contributed by atoms with Crippen LogP contribution in [-0.4, -0.2) is 5.54 Å². The Kier molecular flexibility index (Phi) is 3.92. The Balaban J connectivity index is 3.11. The molecule has 0 unspecified atom stereocenters. The Morgan fingerprint density at radius 3 is 1.87 bits per heavy atom. The first-order valence-electron chi connectivity index (χ1n) is 5.86. The van der Waals surface area contributed by atoms with E-state index in [9.17, 15) is 0 Å². The standard InChI is InChI=1S/C14H23N/c1-5-11-8-7-9-12(6-2)13(11)10-14(3,4)15/h7-9H,5-6,10,15H2,1-4H3. The number of benzene rings is 1. The minimum Gasteiger partial charge on any atom is -0.325 e. The van der Waals surface area contributed by atoms with Crippen molar-refractivity contribution in [2.24, 2.45) is 5.73 Å². The lowest BCUT2D eigenvalue weighted by molar-refractivity contribution is 0.513. The summed E-state index contributed by atoms with van der Waals surface area (Å²) in [7, 11) is 0. The van der Waals surface area contributed by atoms with Crippen molar-refractivity contribution in [1.29, 1.82) is 0 Å². The van der Waals surface area contributed by atoms with Crippen molar-refractivity contribution in [3.8, 4) is 0 Å². The van der Waals surface area contributed by atoms with E-state index in [-0.39, 0.29) is 5.54 Å². The van der Waals surface area contributed by atoms with Gasteiger partial charge in [-0.25, -0.2) is 0 Å². The normalized spacial score (nSPS) is 11.8. The average Bonchev–Trinajstić information content (AvgIpc) is 2.16. The molecule has 0 radical (unpaired) electrons. The third-order valence-corrected chi connectivity index (χ3v) is 2.76. The SMILES string of the molecule is CCc1cccc(CC)c1CC(C)(C)N. The van der Waals surface area contributed by atoms with Gasteiger partial charge < -0.3 is 5.73 Å². The highest BCUT2D eigenvalue weighted by atomic mass is 14.7. The second-order valence-corrected chi connectivity index (χ2v) is 4.93. The molecule has 1 aromatic rings. The summed E-state index contributed by atoms with van der Waals surface area (Å²) in [6.07, 6.45) is 3.17. The fourth-order valence-corrected chi connectivity index (χ4v) is 2.03. The fourth-order valence-electron chi connectivity index (χ4n) is 2.03. The summed E-state index contributed by atoms with van der Waals surface area (Å²) in [5.74, 6) is 0.